The van der Waals surface area contributed by atoms with E-state index in [0.717, 1.165) is 32.6 Å². The highest BCUT2D eigenvalue weighted by atomic mass is 79.9. The van der Waals surface area contributed by atoms with Crippen molar-refractivity contribution >= 4 is 32.7 Å². The Bertz CT molecular complexity index is 784. The number of hydrogen-bond acceptors (Lipinski definition) is 3. The second-order valence-corrected chi connectivity index (χ2v) is 5.59. The molecule has 0 saturated heterocycles. The van der Waals surface area contributed by atoms with E-state index >= 15 is 0 Å². The number of nitrogens with zero attached hydrogens (tertiary/aromatic N) is 2. The molecule has 20 heavy (non-hydrogen) atoms. The molecular weight excluding hydrogens is 314 g/mol. The van der Waals surface area contributed by atoms with Crippen molar-refractivity contribution in [3.05, 3.63) is 52.5 Å². The van der Waals surface area contributed by atoms with Gasteiger partial charge in [-0.15, -0.1) is 0 Å². The number of anilines is 1. The smallest absolute Gasteiger partial charge is 0.162 e. The summed E-state index contributed by atoms with van der Waals surface area (Å²) in [6.07, 6.45) is 0. The summed E-state index contributed by atoms with van der Waals surface area (Å²) in [5.41, 5.74) is 3.17. The van der Waals surface area contributed by atoms with Crippen LogP contribution in [0.3, 0.4) is 0 Å². The van der Waals surface area contributed by atoms with Crippen molar-refractivity contribution in [1.82, 2.24) is 9.97 Å². The van der Waals surface area contributed by atoms with Gasteiger partial charge >= 0.3 is 0 Å². The zero-order valence-electron chi connectivity index (χ0n) is 11.3. The summed E-state index contributed by atoms with van der Waals surface area (Å²) < 4.78 is 1.02. The van der Waals surface area contributed by atoms with E-state index in [-0.39, 0.29) is 0 Å². The number of hydrogen-bond donors (Lipinski definition) is 1. The predicted molar refractivity (Wildman–Crippen MR) is 87.0 cm³/mol. The highest BCUT2D eigenvalue weighted by Gasteiger charge is 2.09. The maximum atomic E-state index is 4.66. The van der Waals surface area contributed by atoms with E-state index in [1.807, 2.05) is 37.4 Å². The van der Waals surface area contributed by atoms with Crippen LogP contribution in [0.4, 0.5) is 5.82 Å². The molecular formula is C16H14BrN3. The zero-order valence-corrected chi connectivity index (χ0v) is 12.9. The van der Waals surface area contributed by atoms with Crippen LogP contribution in [0, 0.1) is 6.92 Å². The Morgan fingerprint density at radius 2 is 1.90 bits per heavy atom. The third kappa shape index (κ3) is 2.39. The van der Waals surface area contributed by atoms with Gasteiger partial charge in [-0.3, -0.25) is 0 Å². The van der Waals surface area contributed by atoms with E-state index in [2.05, 4.69) is 50.3 Å². The fourth-order valence-corrected chi connectivity index (χ4v) is 2.57. The lowest BCUT2D eigenvalue weighted by Gasteiger charge is -2.09. The Balaban J connectivity index is 2.25. The minimum Gasteiger partial charge on any atom is -0.373 e. The van der Waals surface area contributed by atoms with Crippen LogP contribution in [0.25, 0.3) is 22.3 Å². The molecule has 0 radical (unpaired) electrons. The van der Waals surface area contributed by atoms with Crippen LogP contribution in [-0.4, -0.2) is 17.0 Å². The summed E-state index contributed by atoms with van der Waals surface area (Å²) >= 11 is 3.49. The fourth-order valence-electron chi connectivity index (χ4n) is 2.20. The van der Waals surface area contributed by atoms with Crippen molar-refractivity contribution < 1.29 is 0 Å². The van der Waals surface area contributed by atoms with Crippen LogP contribution >= 0.6 is 15.9 Å². The topological polar surface area (TPSA) is 37.8 Å². The maximum absolute atomic E-state index is 4.66. The number of halogens is 1. The van der Waals surface area contributed by atoms with Crippen LogP contribution in [-0.2, 0) is 0 Å². The Labute approximate surface area is 126 Å². The van der Waals surface area contributed by atoms with E-state index in [9.17, 15) is 0 Å². The maximum Gasteiger partial charge on any atom is 0.162 e. The first-order valence-corrected chi connectivity index (χ1v) is 7.19. The number of aryl methyl sites for hydroxylation is 1. The van der Waals surface area contributed by atoms with Crippen molar-refractivity contribution in [2.75, 3.05) is 12.4 Å². The Hall–Kier alpha value is -1.94. The van der Waals surface area contributed by atoms with Crippen molar-refractivity contribution in [3.8, 4) is 11.4 Å². The summed E-state index contributed by atoms with van der Waals surface area (Å²) in [5.74, 6) is 1.58. The Morgan fingerprint density at radius 3 is 2.65 bits per heavy atom. The van der Waals surface area contributed by atoms with Crippen LogP contribution in [0.15, 0.2) is 46.9 Å². The van der Waals surface area contributed by atoms with Gasteiger partial charge in [0, 0.05) is 22.5 Å². The van der Waals surface area contributed by atoms with Crippen LogP contribution < -0.4 is 5.32 Å². The number of benzene rings is 2. The standard InChI is InChI=1S/C16H14BrN3/c1-10-4-3-5-11(8-10)15-19-14-7-6-12(17)9-13(14)16(18-2)20-15/h3-9H,1-2H3,(H,18,19,20). The summed E-state index contributed by atoms with van der Waals surface area (Å²) in [4.78, 5) is 9.29. The summed E-state index contributed by atoms with van der Waals surface area (Å²) in [5, 5.41) is 4.16. The number of nitrogens with one attached hydrogen (secondary N) is 1. The molecule has 0 atom stereocenters. The SMILES string of the molecule is CNc1nc(-c2cccc(C)c2)nc2ccc(Br)cc12. The Morgan fingerprint density at radius 1 is 1.05 bits per heavy atom. The van der Waals surface area contributed by atoms with Gasteiger partial charge < -0.3 is 5.32 Å². The van der Waals surface area contributed by atoms with E-state index in [0.29, 0.717) is 0 Å². The molecule has 0 fully saturated rings. The third-order valence-electron chi connectivity index (χ3n) is 3.17. The highest BCUT2D eigenvalue weighted by Crippen LogP contribution is 2.27. The largest absolute Gasteiger partial charge is 0.373 e. The first-order chi connectivity index (χ1) is 9.67. The predicted octanol–water partition coefficient (Wildman–Crippen LogP) is 4.41. The number of aromatic nitrogens is 2. The molecule has 0 aliphatic heterocycles. The molecule has 3 nitrogen and oxygen atoms in total. The molecule has 3 aromatic rings. The molecule has 0 spiro atoms. The molecule has 1 N–H and O–H groups in total. The van der Waals surface area contributed by atoms with Crippen LogP contribution in [0.5, 0.6) is 0 Å². The van der Waals surface area contributed by atoms with Gasteiger partial charge in [-0.1, -0.05) is 39.7 Å². The lowest BCUT2D eigenvalue weighted by molar-refractivity contribution is 1.21. The molecule has 0 aliphatic carbocycles. The monoisotopic (exact) mass is 327 g/mol. The van der Waals surface area contributed by atoms with Crippen molar-refractivity contribution in [1.29, 1.82) is 0 Å². The lowest BCUT2D eigenvalue weighted by Crippen LogP contribution is -1.98. The van der Waals surface area contributed by atoms with Gasteiger partial charge in [0.05, 0.1) is 5.52 Å². The fraction of sp³-hybridized carbons (Fsp3) is 0.125. The van der Waals surface area contributed by atoms with Crippen molar-refractivity contribution in [2.24, 2.45) is 0 Å². The molecule has 100 valence electrons. The Kier molecular flexibility index (Phi) is 3.40. The van der Waals surface area contributed by atoms with Crippen LogP contribution in [0.1, 0.15) is 5.56 Å². The molecule has 0 unspecified atom stereocenters. The molecule has 2 aromatic carbocycles. The van der Waals surface area contributed by atoms with Gasteiger partial charge in [-0.2, -0.15) is 0 Å². The van der Waals surface area contributed by atoms with Crippen LogP contribution in [0.2, 0.25) is 0 Å². The molecule has 0 saturated carbocycles. The minimum atomic E-state index is 0.743. The third-order valence-corrected chi connectivity index (χ3v) is 3.66. The van der Waals surface area contributed by atoms with Gasteiger partial charge in [0.2, 0.25) is 0 Å². The summed E-state index contributed by atoms with van der Waals surface area (Å²) in [7, 11) is 1.88. The lowest BCUT2D eigenvalue weighted by atomic mass is 10.1. The highest BCUT2D eigenvalue weighted by molar-refractivity contribution is 9.10. The molecule has 0 aliphatic rings. The first kappa shape index (κ1) is 13.1. The zero-order chi connectivity index (χ0) is 14.1. The number of rotatable bonds is 2. The summed E-state index contributed by atoms with van der Waals surface area (Å²) in [6.45, 7) is 2.07. The quantitative estimate of drug-likeness (QED) is 0.757. The van der Waals surface area contributed by atoms with Crippen molar-refractivity contribution in [3.63, 3.8) is 0 Å². The van der Waals surface area contributed by atoms with Gasteiger partial charge in [0.15, 0.2) is 5.82 Å². The van der Waals surface area contributed by atoms with E-state index in [4.69, 9.17) is 0 Å². The average molecular weight is 328 g/mol. The van der Waals surface area contributed by atoms with Gasteiger partial charge in [-0.05, 0) is 31.2 Å². The van der Waals surface area contributed by atoms with E-state index < -0.39 is 0 Å². The molecule has 0 bridgehead atoms. The van der Waals surface area contributed by atoms with Gasteiger partial charge in [0.25, 0.3) is 0 Å². The summed E-state index contributed by atoms with van der Waals surface area (Å²) in [6, 6.07) is 14.3. The molecule has 4 heteroatoms. The number of fused-ring (bicyclic) bond motifs is 1. The molecule has 3 rings (SSSR count). The first-order valence-electron chi connectivity index (χ1n) is 6.39. The van der Waals surface area contributed by atoms with Gasteiger partial charge in [0.1, 0.15) is 5.82 Å². The minimum absolute atomic E-state index is 0.743. The van der Waals surface area contributed by atoms with E-state index in [1.54, 1.807) is 0 Å². The molecule has 0 amide bonds. The normalized spacial score (nSPS) is 10.8. The van der Waals surface area contributed by atoms with Gasteiger partial charge in [-0.25, -0.2) is 9.97 Å². The molecule has 1 heterocycles. The second-order valence-electron chi connectivity index (χ2n) is 4.68. The van der Waals surface area contributed by atoms with E-state index in [1.165, 1.54) is 5.56 Å². The van der Waals surface area contributed by atoms with Crippen molar-refractivity contribution in [2.45, 2.75) is 6.92 Å². The molecule has 1 aromatic heterocycles. The second kappa shape index (κ2) is 5.21. The average Bonchev–Trinajstić information content (AvgIpc) is 2.46.